The van der Waals surface area contributed by atoms with E-state index >= 15 is 0 Å². The van der Waals surface area contributed by atoms with Gasteiger partial charge >= 0.3 is 5.97 Å². The largest absolute Gasteiger partial charge is 0.449 e. The number of carbonyl (C=O) groups is 2. The molecule has 0 heterocycles. The van der Waals surface area contributed by atoms with E-state index in [0.717, 1.165) is 15.4 Å². The van der Waals surface area contributed by atoms with Crippen LogP contribution < -0.4 is 5.32 Å². The van der Waals surface area contributed by atoms with Crippen LogP contribution in [0.4, 0.5) is 5.69 Å². The van der Waals surface area contributed by atoms with Gasteiger partial charge in [0.25, 0.3) is 5.91 Å². The number of carbonyl (C=O) groups excluding carboxylic acids is 2. The molecule has 2 rings (SSSR count). The van der Waals surface area contributed by atoms with Gasteiger partial charge in [-0.25, -0.2) is 17.5 Å². The highest BCUT2D eigenvalue weighted by atomic mass is 32.2. The molecular formula is C20H24N2O5S. The summed E-state index contributed by atoms with van der Waals surface area (Å²) in [5, 5.41) is 2.58. The highest BCUT2D eigenvalue weighted by Crippen LogP contribution is 2.19. The van der Waals surface area contributed by atoms with Crippen molar-refractivity contribution in [1.29, 1.82) is 0 Å². The molecule has 1 atom stereocenters. The highest BCUT2D eigenvalue weighted by molar-refractivity contribution is 7.89. The van der Waals surface area contributed by atoms with Gasteiger partial charge in [0.05, 0.1) is 10.5 Å². The van der Waals surface area contributed by atoms with Gasteiger partial charge in [-0.1, -0.05) is 23.8 Å². The van der Waals surface area contributed by atoms with Crippen LogP contribution in [0.2, 0.25) is 0 Å². The molecule has 1 N–H and O–H groups in total. The van der Waals surface area contributed by atoms with Crippen LogP contribution in [0.5, 0.6) is 0 Å². The Hall–Kier alpha value is -2.71. The number of benzene rings is 2. The first-order valence-corrected chi connectivity index (χ1v) is 10.1. The van der Waals surface area contributed by atoms with Gasteiger partial charge in [0.15, 0.2) is 6.10 Å². The van der Waals surface area contributed by atoms with E-state index in [-0.39, 0.29) is 4.90 Å². The van der Waals surface area contributed by atoms with E-state index in [4.69, 9.17) is 4.74 Å². The topological polar surface area (TPSA) is 92.8 Å². The van der Waals surface area contributed by atoms with Crippen LogP contribution in [-0.4, -0.2) is 44.8 Å². The summed E-state index contributed by atoms with van der Waals surface area (Å²) in [7, 11) is -0.771. The summed E-state index contributed by atoms with van der Waals surface area (Å²) in [5.74, 6) is -1.15. The van der Waals surface area contributed by atoms with Crippen LogP contribution in [0, 0.1) is 13.8 Å². The molecule has 7 nitrogen and oxygen atoms in total. The summed E-state index contributed by atoms with van der Waals surface area (Å²) in [4.78, 5) is 24.8. The molecule has 0 unspecified atom stereocenters. The number of aryl methyl sites for hydroxylation is 2. The Bertz CT molecular complexity index is 999. The average Bonchev–Trinajstić information content (AvgIpc) is 2.63. The van der Waals surface area contributed by atoms with Crippen LogP contribution in [0.25, 0.3) is 0 Å². The third-order valence-corrected chi connectivity index (χ3v) is 5.96. The Labute approximate surface area is 165 Å². The first-order chi connectivity index (χ1) is 13.0. The van der Waals surface area contributed by atoms with E-state index in [2.05, 4.69) is 5.32 Å². The van der Waals surface area contributed by atoms with Crippen molar-refractivity contribution in [3.63, 3.8) is 0 Å². The Kier molecular flexibility index (Phi) is 6.58. The van der Waals surface area contributed by atoms with E-state index in [0.29, 0.717) is 11.3 Å². The minimum atomic E-state index is -3.62. The lowest BCUT2D eigenvalue weighted by molar-refractivity contribution is -0.123. The molecule has 0 radical (unpaired) electrons. The number of ether oxygens (including phenoxy) is 1. The number of nitrogens with zero attached hydrogens (tertiary/aromatic N) is 1. The second-order valence-electron chi connectivity index (χ2n) is 6.67. The normalized spacial score (nSPS) is 12.5. The van der Waals surface area contributed by atoms with Crippen molar-refractivity contribution in [1.82, 2.24) is 4.31 Å². The lowest BCUT2D eigenvalue weighted by Crippen LogP contribution is -2.30. The molecule has 0 aliphatic heterocycles. The van der Waals surface area contributed by atoms with Crippen molar-refractivity contribution < 1.29 is 22.7 Å². The van der Waals surface area contributed by atoms with E-state index in [9.17, 15) is 18.0 Å². The molecule has 0 aliphatic carbocycles. The zero-order chi connectivity index (χ0) is 21.1. The minimum Gasteiger partial charge on any atom is -0.449 e. The molecule has 0 aromatic heterocycles. The van der Waals surface area contributed by atoms with Gasteiger partial charge in [-0.15, -0.1) is 0 Å². The number of nitrogens with one attached hydrogen (secondary N) is 1. The monoisotopic (exact) mass is 404 g/mol. The van der Waals surface area contributed by atoms with Crippen molar-refractivity contribution >= 4 is 27.6 Å². The zero-order valence-corrected chi connectivity index (χ0v) is 17.3. The molecule has 0 fully saturated rings. The first-order valence-electron chi connectivity index (χ1n) is 8.64. The molecule has 2 aromatic carbocycles. The summed E-state index contributed by atoms with van der Waals surface area (Å²) in [6.07, 6.45) is -1.05. The molecule has 0 saturated heterocycles. The molecule has 1 amide bonds. The van der Waals surface area contributed by atoms with E-state index in [1.165, 1.54) is 39.2 Å². The minimum absolute atomic E-state index is 0.0512. The summed E-state index contributed by atoms with van der Waals surface area (Å²) in [6, 6.07) is 11.3. The summed E-state index contributed by atoms with van der Waals surface area (Å²) in [5.41, 5.74) is 2.36. The molecule has 0 aliphatic rings. The lowest BCUT2D eigenvalue weighted by Gasteiger charge is -2.16. The third-order valence-electron chi connectivity index (χ3n) is 4.15. The number of sulfonamides is 1. The molecule has 0 spiro atoms. The van der Waals surface area contributed by atoms with Gasteiger partial charge < -0.3 is 10.1 Å². The third kappa shape index (κ3) is 4.96. The molecule has 150 valence electrons. The van der Waals surface area contributed by atoms with E-state index < -0.39 is 28.0 Å². The van der Waals surface area contributed by atoms with Gasteiger partial charge in [0, 0.05) is 19.8 Å². The molecule has 0 bridgehead atoms. The molecule has 28 heavy (non-hydrogen) atoms. The number of hydrogen-bond donors (Lipinski definition) is 1. The zero-order valence-electron chi connectivity index (χ0n) is 16.5. The van der Waals surface area contributed by atoms with Crippen molar-refractivity contribution in [2.24, 2.45) is 0 Å². The van der Waals surface area contributed by atoms with Gasteiger partial charge in [-0.05, 0) is 50.6 Å². The maximum atomic E-state index is 12.4. The fourth-order valence-corrected chi connectivity index (χ4v) is 3.37. The maximum absolute atomic E-state index is 12.4. The molecule has 8 heteroatoms. The SMILES string of the molecule is Cc1ccc(C)c(C(=O)O[C@H](C)C(=O)Nc2cccc(S(=O)(=O)N(C)C)c2)c1. The molecular weight excluding hydrogens is 380 g/mol. The van der Waals surface area contributed by atoms with Crippen molar-refractivity contribution in [2.45, 2.75) is 31.8 Å². The molecule has 2 aromatic rings. The van der Waals surface area contributed by atoms with Crippen LogP contribution in [0.3, 0.4) is 0 Å². The highest BCUT2D eigenvalue weighted by Gasteiger charge is 2.22. The van der Waals surface area contributed by atoms with Crippen LogP contribution in [0.1, 0.15) is 28.4 Å². The summed E-state index contributed by atoms with van der Waals surface area (Å²) < 4.78 is 30.8. The molecule has 0 saturated carbocycles. The van der Waals surface area contributed by atoms with Gasteiger partial charge in [-0.2, -0.15) is 0 Å². The standard InChI is InChI=1S/C20H24N2O5S/c1-13-9-10-14(2)18(11-13)20(24)27-15(3)19(23)21-16-7-6-8-17(12-16)28(25,26)22(4)5/h6-12,15H,1-5H3,(H,21,23)/t15-/m1/s1. The number of hydrogen-bond acceptors (Lipinski definition) is 5. The quantitative estimate of drug-likeness (QED) is 0.748. The Balaban J connectivity index is 2.11. The van der Waals surface area contributed by atoms with Gasteiger partial charge in [0.1, 0.15) is 0 Å². The van der Waals surface area contributed by atoms with Crippen molar-refractivity contribution in [3.05, 3.63) is 59.2 Å². The van der Waals surface area contributed by atoms with Crippen LogP contribution in [-0.2, 0) is 19.6 Å². The number of amides is 1. The second kappa shape index (κ2) is 8.53. The van der Waals surface area contributed by atoms with E-state index in [1.807, 2.05) is 19.1 Å². The fourth-order valence-electron chi connectivity index (χ4n) is 2.42. The van der Waals surface area contributed by atoms with E-state index in [1.54, 1.807) is 19.1 Å². The summed E-state index contributed by atoms with van der Waals surface area (Å²) >= 11 is 0. The maximum Gasteiger partial charge on any atom is 0.339 e. The number of anilines is 1. The second-order valence-corrected chi connectivity index (χ2v) is 8.82. The van der Waals surface area contributed by atoms with Crippen LogP contribution >= 0.6 is 0 Å². The fraction of sp³-hybridized carbons (Fsp3) is 0.300. The van der Waals surface area contributed by atoms with Crippen LogP contribution in [0.15, 0.2) is 47.4 Å². The predicted molar refractivity (Wildman–Crippen MR) is 107 cm³/mol. The first kappa shape index (κ1) is 21.6. The Morgan fingerprint density at radius 2 is 1.75 bits per heavy atom. The number of rotatable bonds is 6. The van der Waals surface area contributed by atoms with Crippen molar-refractivity contribution in [3.8, 4) is 0 Å². The Morgan fingerprint density at radius 1 is 1.07 bits per heavy atom. The predicted octanol–water partition coefficient (Wildman–Crippen LogP) is 2.74. The average molecular weight is 404 g/mol. The summed E-state index contributed by atoms with van der Waals surface area (Å²) in [6.45, 7) is 5.11. The smallest absolute Gasteiger partial charge is 0.339 e. The van der Waals surface area contributed by atoms with Gasteiger partial charge in [0.2, 0.25) is 10.0 Å². The number of esters is 1. The van der Waals surface area contributed by atoms with Gasteiger partial charge in [-0.3, -0.25) is 4.79 Å². The lowest BCUT2D eigenvalue weighted by atomic mass is 10.1. The van der Waals surface area contributed by atoms with Crippen molar-refractivity contribution in [2.75, 3.05) is 19.4 Å². The Morgan fingerprint density at radius 3 is 2.39 bits per heavy atom.